The number of hydrogen-bond donors (Lipinski definition) is 0. The van der Waals surface area contributed by atoms with Crippen molar-refractivity contribution in [1.82, 2.24) is 0 Å². The molecular weight excluding hydrogens is 323 g/mol. The molecule has 0 unspecified atom stereocenters. The fourth-order valence-electron chi connectivity index (χ4n) is 2.07. The summed E-state index contributed by atoms with van der Waals surface area (Å²) in [7, 11) is 3.75. The van der Waals surface area contributed by atoms with E-state index >= 15 is 0 Å². The summed E-state index contributed by atoms with van der Waals surface area (Å²) >= 11 is 0. The molecule has 0 aromatic heterocycles. The first-order valence-corrected chi connectivity index (χ1v) is 6.19. The summed E-state index contributed by atoms with van der Waals surface area (Å²) in [6, 6.07) is 2.28. The van der Waals surface area contributed by atoms with Crippen LogP contribution < -0.4 is 14.2 Å². The summed E-state index contributed by atoms with van der Waals surface area (Å²) in [4.78, 5) is 0. The molecule has 3 nitrogen and oxygen atoms in total. The minimum atomic E-state index is -2.23. The quantitative estimate of drug-likeness (QED) is 0.479. The van der Waals surface area contributed by atoms with Gasteiger partial charge in [0.1, 0.15) is 5.75 Å². The predicted molar refractivity (Wildman–Crippen MR) is 71.3 cm³/mol. The maximum absolute atomic E-state index is 14.0. The number of rotatable bonds is 4. The van der Waals surface area contributed by atoms with Crippen LogP contribution in [0.4, 0.5) is 22.0 Å². The van der Waals surface area contributed by atoms with Gasteiger partial charge in [0, 0.05) is 11.6 Å². The molecular formula is C15H11F5O3. The van der Waals surface area contributed by atoms with Gasteiger partial charge in [-0.15, -0.1) is 0 Å². The van der Waals surface area contributed by atoms with E-state index in [1.165, 1.54) is 27.4 Å². The second-order valence-corrected chi connectivity index (χ2v) is 4.35. The van der Waals surface area contributed by atoms with Gasteiger partial charge in [0.15, 0.2) is 34.8 Å². The van der Waals surface area contributed by atoms with Gasteiger partial charge in [-0.2, -0.15) is 0 Å². The highest BCUT2D eigenvalue weighted by Crippen LogP contribution is 2.43. The molecule has 0 bridgehead atoms. The monoisotopic (exact) mass is 334 g/mol. The van der Waals surface area contributed by atoms with Crippen LogP contribution in [0.5, 0.6) is 17.2 Å². The zero-order valence-electron chi connectivity index (χ0n) is 12.3. The normalized spacial score (nSPS) is 10.6. The van der Waals surface area contributed by atoms with Crippen molar-refractivity contribution in [2.24, 2.45) is 0 Å². The van der Waals surface area contributed by atoms with E-state index in [-0.39, 0.29) is 22.8 Å². The molecule has 0 atom stereocenters. The highest BCUT2D eigenvalue weighted by atomic mass is 19.2. The smallest absolute Gasteiger partial charge is 0.200 e. The van der Waals surface area contributed by atoms with Crippen LogP contribution in [-0.4, -0.2) is 21.3 Å². The van der Waals surface area contributed by atoms with E-state index in [1.54, 1.807) is 0 Å². The Morgan fingerprint density at radius 2 is 0.957 bits per heavy atom. The molecule has 2 aromatic rings. The Bertz CT molecular complexity index is 733. The average Bonchev–Trinajstić information content (AvgIpc) is 2.57. The van der Waals surface area contributed by atoms with Crippen LogP contribution in [0.1, 0.15) is 0 Å². The van der Waals surface area contributed by atoms with E-state index < -0.39 is 34.6 Å². The maximum Gasteiger partial charge on any atom is 0.200 e. The highest BCUT2D eigenvalue weighted by Gasteiger charge is 2.29. The van der Waals surface area contributed by atoms with Gasteiger partial charge >= 0.3 is 0 Å². The third kappa shape index (κ3) is 2.64. The Kier molecular flexibility index (Phi) is 4.63. The van der Waals surface area contributed by atoms with Crippen LogP contribution in [0.2, 0.25) is 0 Å². The third-order valence-corrected chi connectivity index (χ3v) is 3.18. The van der Waals surface area contributed by atoms with Gasteiger partial charge in [0.05, 0.1) is 26.9 Å². The summed E-state index contributed by atoms with van der Waals surface area (Å²) < 4.78 is 82.8. The lowest BCUT2D eigenvalue weighted by atomic mass is 10.0. The van der Waals surface area contributed by atoms with Gasteiger partial charge in [0.25, 0.3) is 0 Å². The molecule has 0 saturated carbocycles. The number of hydrogen-bond acceptors (Lipinski definition) is 3. The van der Waals surface area contributed by atoms with Crippen molar-refractivity contribution in [2.45, 2.75) is 0 Å². The summed E-state index contributed by atoms with van der Waals surface area (Å²) in [5.41, 5.74) is -1.47. The number of ether oxygens (including phenoxy) is 3. The summed E-state index contributed by atoms with van der Waals surface area (Å²) in [5, 5.41) is 0. The Morgan fingerprint density at radius 1 is 0.565 bits per heavy atom. The molecule has 0 heterocycles. The van der Waals surface area contributed by atoms with Crippen molar-refractivity contribution in [3.05, 3.63) is 41.2 Å². The zero-order valence-corrected chi connectivity index (χ0v) is 12.3. The van der Waals surface area contributed by atoms with Gasteiger partial charge in [-0.05, 0) is 6.07 Å². The molecule has 23 heavy (non-hydrogen) atoms. The van der Waals surface area contributed by atoms with E-state index in [4.69, 9.17) is 14.2 Å². The van der Waals surface area contributed by atoms with Crippen LogP contribution in [0.15, 0.2) is 12.1 Å². The van der Waals surface area contributed by atoms with Crippen molar-refractivity contribution >= 4 is 0 Å². The highest BCUT2D eigenvalue weighted by molar-refractivity contribution is 5.75. The molecule has 8 heteroatoms. The average molecular weight is 334 g/mol. The van der Waals surface area contributed by atoms with Gasteiger partial charge in [-0.25, -0.2) is 22.0 Å². The third-order valence-electron chi connectivity index (χ3n) is 3.18. The number of benzene rings is 2. The fourth-order valence-corrected chi connectivity index (χ4v) is 2.07. The summed E-state index contributed by atoms with van der Waals surface area (Å²) in [5.74, 6) is -10.2. The van der Waals surface area contributed by atoms with E-state index in [0.717, 1.165) is 6.07 Å². The summed E-state index contributed by atoms with van der Waals surface area (Å²) in [6.45, 7) is 0. The van der Waals surface area contributed by atoms with Crippen molar-refractivity contribution in [3.8, 4) is 28.4 Å². The number of halogens is 5. The minimum Gasteiger partial charge on any atom is -0.496 e. The fraction of sp³-hybridized carbons (Fsp3) is 0.200. The SMILES string of the molecule is COc1cc(OC)c(-c2c(F)c(F)c(F)c(F)c2F)cc1OC. The lowest BCUT2D eigenvalue weighted by Crippen LogP contribution is -2.05. The topological polar surface area (TPSA) is 27.7 Å². The second-order valence-electron chi connectivity index (χ2n) is 4.35. The molecule has 124 valence electrons. The summed E-state index contributed by atoms with van der Waals surface area (Å²) in [6.07, 6.45) is 0. The van der Waals surface area contributed by atoms with E-state index in [0.29, 0.717) is 0 Å². The minimum absolute atomic E-state index is 0.0345. The lowest BCUT2D eigenvalue weighted by molar-refractivity contribution is 0.349. The number of methoxy groups -OCH3 is 3. The van der Waals surface area contributed by atoms with Gasteiger partial charge in [-0.1, -0.05) is 0 Å². The Morgan fingerprint density at radius 3 is 1.39 bits per heavy atom. The van der Waals surface area contributed by atoms with Crippen molar-refractivity contribution < 1.29 is 36.2 Å². The first kappa shape index (κ1) is 16.9. The van der Waals surface area contributed by atoms with Crippen LogP contribution in [0, 0.1) is 29.1 Å². The van der Waals surface area contributed by atoms with Crippen molar-refractivity contribution in [2.75, 3.05) is 21.3 Å². The Labute approximate surface area is 128 Å². The van der Waals surface area contributed by atoms with Crippen LogP contribution in [0.3, 0.4) is 0 Å². The van der Waals surface area contributed by atoms with Crippen LogP contribution in [0.25, 0.3) is 11.1 Å². The van der Waals surface area contributed by atoms with Gasteiger partial charge < -0.3 is 14.2 Å². The molecule has 0 N–H and O–H groups in total. The molecule has 0 radical (unpaired) electrons. The molecule has 0 aliphatic heterocycles. The molecule has 0 spiro atoms. The standard InChI is InChI=1S/C15H11F5O3/c1-21-7-5-9(23-3)8(22-2)4-6(7)10-11(16)13(18)15(20)14(19)12(10)17/h4-5H,1-3H3. The van der Waals surface area contributed by atoms with Crippen molar-refractivity contribution in [1.29, 1.82) is 0 Å². The molecule has 0 amide bonds. The molecule has 0 saturated heterocycles. The van der Waals surface area contributed by atoms with Crippen molar-refractivity contribution in [3.63, 3.8) is 0 Å². The van der Waals surface area contributed by atoms with E-state index in [9.17, 15) is 22.0 Å². The molecule has 0 aliphatic rings. The van der Waals surface area contributed by atoms with E-state index in [1.807, 2.05) is 0 Å². The first-order chi connectivity index (χ1) is 10.9. The molecule has 0 aliphatic carbocycles. The van der Waals surface area contributed by atoms with E-state index in [2.05, 4.69) is 0 Å². The molecule has 2 aromatic carbocycles. The van der Waals surface area contributed by atoms with Gasteiger partial charge in [-0.3, -0.25) is 0 Å². The van der Waals surface area contributed by atoms with Crippen LogP contribution in [-0.2, 0) is 0 Å². The lowest BCUT2D eigenvalue weighted by Gasteiger charge is -2.15. The predicted octanol–water partition coefficient (Wildman–Crippen LogP) is 4.07. The molecule has 2 rings (SSSR count). The van der Waals surface area contributed by atoms with Gasteiger partial charge in [0.2, 0.25) is 5.82 Å². The molecule has 0 fully saturated rings. The first-order valence-electron chi connectivity index (χ1n) is 6.19. The Hall–Kier alpha value is -2.51. The maximum atomic E-state index is 14.0. The Balaban J connectivity index is 2.87. The largest absolute Gasteiger partial charge is 0.496 e. The second kappa shape index (κ2) is 6.31. The van der Waals surface area contributed by atoms with Crippen LogP contribution >= 0.6 is 0 Å². The zero-order chi connectivity index (χ0) is 17.3.